The first kappa shape index (κ1) is 25.7. The summed E-state index contributed by atoms with van der Waals surface area (Å²) in [5.74, 6) is -0.202. The fraction of sp³-hybridized carbons (Fsp3) is 0.300. The molecule has 35 heavy (non-hydrogen) atoms. The predicted molar refractivity (Wildman–Crippen MR) is 143 cm³/mol. The molecule has 180 valence electrons. The zero-order chi connectivity index (χ0) is 25.4. The van der Waals surface area contributed by atoms with Gasteiger partial charge in [-0.2, -0.15) is 5.26 Å². The Kier molecular flexibility index (Phi) is 8.43. The average Bonchev–Trinajstić information content (AvgIpc) is 3.33. The maximum Gasteiger partial charge on any atom is 0.248 e. The van der Waals surface area contributed by atoms with Crippen LogP contribution < -0.4 is 5.32 Å². The van der Waals surface area contributed by atoms with Gasteiger partial charge in [0.15, 0.2) is 0 Å². The fourth-order valence-corrected chi connectivity index (χ4v) is 4.43. The standard InChI is InChI=1S/C30H34N4O/c1-22(7-6-8-23(2)19-29(35)33-26-12-10-25(20-31)11-13-26)9-14-27-24(3)28(15-16-30(27,4)5)34-18-17-32-21-34/h6-14,17-19,21,28H,15-16H2,1-5H3,(H,33,35)/b8-6+,14-9+,22-7+,23-19+. The van der Waals surface area contributed by atoms with Crippen molar-refractivity contribution in [2.75, 3.05) is 5.32 Å². The van der Waals surface area contributed by atoms with Gasteiger partial charge in [-0.3, -0.25) is 4.79 Å². The van der Waals surface area contributed by atoms with Crippen LogP contribution in [-0.2, 0) is 4.79 Å². The van der Waals surface area contributed by atoms with Crippen molar-refractivity contribution < 1.29 is 4.79 Å². The zero-order valence-corrected chi connectivity index (χ0v) is 21.2. The van der Waals surface area contributed by atoms with Gasteiger partial charge in [-0.1, -0.05) is 49.8 Å². The molecule has 2 aromatic rings. The fourth-order valence-electron chi connectivity index (χ4n) is 4.43. The lowest BCUT2D eigenvalue weighted by atomic mass is 9.71. The highest BCUT2D eigenvalue weighted by molar-refractivity contribution is 6.00. The lowest BCUT2D eigenvalue weighted by molar-refractivity contribution is -0.111. The van der Waals surface area contributed by atoms with Crippen molar-refractivity contribution in [1.29, 1.82) is 5.26 Å². The van der Waals surface area contributed by atoms with Crippen molar-refractivity contribution in [3.63, 3.8) is 0 Å². The van der Waals surface area contributed by atoms with Crippen molar-refractivity contribution in [2.45, 2.75) is 53.5 Å². The van der Waals surface area contributed by atoms with Crippen LogP contribution in [0, 0.1) is 16.7 Å². The third-order valence-corrected chi connectivity index (χ3v) is 6.45. The Morgan fingerprint density at radius 1 is 1.20 bits per heavy atom. The van der Waals surface area contributed by atoms with Gasteiger partial charge in [0, 0.05) is 24.2 Å². The summed E-state index contributed by atoms with van der Waals surface area (Å²) in [5, 5.41) is 11.7. The molecule has 1 atom stereocenters. The molecule has 5 heteroatoms. The summed E-state index contributed by atoms with van der Waals surface area (Å²) in [5.41, 5.74) is 6.12. The first-order valence-corrected chi connectivity index (χ1v) is 11.9. The largest absolute Gasteiger partial charge is 0.330 e. The third kappa shape index (κ3) is 7.04. The van der Waals surface area contributed by atoms with Crippen molar-refractivity contribution in [3.05, 3.63) is 107 Å². The molecule has 3 rings (SSSR count). The number of anilines is 1. The second kappa shape index (κ2) is 11.5. The van der Waals surface area contributed by atoms with Gasteiger partial charge in [0.25, 0.3) is 0 Å². The summed E-state index contributed by atoms with van der Waals surface area (Å²) >= 11 is 0. The number of allylic oxidation sites excluding steroid dienone is 9. The number of carbonyl (C=O) groups is 1. The van der Waals surface area contributed by atoms with E-state index in [4.69, 9.17) is 5.26 Å². The highest BCUT2D eigenvalue weighted by atomic mass is 16.1. The normalized spacial score (nSPS) is 18.8. The number of nitriles is 1. The van der Waals surface area contributed by atoms with E-state index in [1.807, 2.05) is 43.9 Å². The maximum atomic E-state index is 12.2. The molecule has 1 aliphatic carbocycles. The quantitative estimate of drug-likeness (QED) is 0.350. The molecule has 5 nitrogen and oxygen atoms in total. The number of nitrogens with one attached hydrogen (secondary N) is 1. The lowest BCUT2D eigenvalue weighted by Crippen LogP contribution is -2.25. The lowest BCUT2D eigenvalue weighted by Gasteiger charge is -2.37. The highest BCUT2D eigenvalue weighted by Gasteiger charge is 2.32. The topological polar surface area (TPSA) is 70.7 Å². The Labute approximate surface area is 208 Å². The summed E-state index contributed by atoms with van der Waals surface area (Å²) in [7, 11) is 0. The van der Waals surface area contributed by atoms with Crippen LogP contribution in [0.25, 0.3) is 0 Å². The minimum Gasteiger partial charge on any atom is -0.330 e. The number of benzene rings is 1. The molecule has 0 saturated heterocycles. The number of carbonyl (C=O) groups excluding carboxylic acids is 1. The summed E-state index contributed by atoms with van der Waals surface area (Å²) in [6.45, 7) is 10.8. The Bertz CT molecular complexity index is 1230. The van der Waals surface area contributed by atoms with Gasteiger partial charge in [-0.25, -0.2) is 4.98 Å². The van der Waals surface area contributed by atoms with Crippen LogP contribution >= 0.6 is 0 Å². The van der Waals surface area contributed by atoms with Crippen LogP contribution in [0.5, 0.6) is 0 Å². The van der Waals surface area contributed by atoms with Gasteiger partial charge in [-0.15, -0.1) is 0 Å². The molecule has 1 amide bonds. The van der Waals surface area contributed by atoms with E-state index in [2.05, 4.69) is 60.8 Å². The molecule has 1 heterocycles. The monoisotopic (exact) mass is 466 g/mol. The van der Waals surface area contributed by atoms with Gasteiger partial charge >= 0.3 is 0 Å². The van der Waals surface area contributed by atoms with E-state index in [0.717, 1.165) is 24.0 Å². The number of nitrogens with zero attached hydrogens (tertiary/aromatic N) is 3. The number of rotatable bonds is 7. The number of hydrogen-bond acceptors (Lipinski definition) is 3. The third-order valence-electron chi connectivity index (χ3n) is 6.45. The summed E-state index contributed by atoms with van der Waals surface area (Å²) in [4.78, 5) is 16.5. The van der Waals surface area contributed by atoms with Crippen molar-refractivity contribution >= 4 is 11.6 Å². The zero-order valence-electron chi connectivity index (χ0n) is 21.2. The molecule has 1 aromatic heterocycles. The van der Waals surface area contributed by atoms with Crippen LogP contribution in [0.3, 0.4) is 0 Å². The first-order chi connectivity index (χ1) is 16.7. The number of amides is 1. The van der Waals surface area contributed by atoms with Crippen LogP contribution in [0.2, 0.25) is 0 Å². The van der Waals surface area contributed by atoms with Crippen LogP contribution in [0.15, 0.2) is 102 Å². The van der Waals surface area contributed by atoms with Gasteiger partial charge in [0.2, 0.25) is 5.91 Å². The molecule has 0 bridgehead atoms. The van der Waals surface area contributed by atoms with Crippen molar-refractivity contribution in [2.24, 2.45) is 5.41 Å². The Hall–Kier alpha value is -3.91. The van der Waals surface area contributed by atoms with E-state index in [1.54, 1.807) is 30.3 Å². The van der Waals surface area contributed by atoms with Crippen molar-refractivity contribution in [3.8, 4) is 6.07 Å². The molecule has 1 unspecified atom stereocenters. The van der Waals surface area contributed by atoms with E-state index in [9.17, 15) is 4.79 Å². The Balaban J connectivity index is 1.64. The molecular weight excluding hydrogens is 432 g/mol. The second-order valence-corrected chi connectivity index (χ2v) is 9.71. The minimum absolute atomic E-state index is 0.134. The molecule has 0 fully saturated rings. The average molecular weight is 467 g/mol. The Morgan fingerprint density at radius 3 is 2.60 bits per heavy atom. The van der Waals surface area contributed by atoms with Gasteiger partial charge in [-0.05, 0) is 80.0 Å². The molecule has 0 spiro atoms. The number of aromatic nitrogens is 2. The molecule has 1 aromatic carbocycles. The summed E-state index contributed by atoms with van der Waals surface area (Å²) in [6.07, 6.45) is 19.9. The molecule has 0 radical (unpaired) electrons. The summed E-state index contributed by atoms with van der Waals surface area (Å²) < 4.78 is 2.20. The van der Waals surface area contributed by atoms with Crippen LogP contribution in [0.4, 0.5) is 5.69 Å². The SMILES string of the molecule is CC1=C(/C=C/C(C)=C/C=C/C(C)=C/C(=O)Nc2ccc(C#N)cc2)C(C)(C)CCC1n1ccnc1. The van der Waals surface area contributed by atoms with Crippen LogP contribution in [-0.4, -0.2) is 15.5 Å². The van der Waals surface area contributed by atoms with Crippen LogP contribution in [0.1, 0.15) is 59.1 Å². The maximum absolute atomic E-state index is 12.2. The smallest absolute Gasteiger partial charge is 0.248 e. The van der Waals surface area contributed by atoms with E-state index in [0.29, 0.717) is 17.3 Å². The molecule has 1 aliphatic rings. The highest BCUT2D eigenvalue weighted by Crippen LogP contribution is 2.45. The van der Waals surface area contributed by atoms with E-state index in [1.165, 1.54) is 11.1 Å². The van der Waals surface area contributed by atoms with Gasteiger partial charge in [0.05, 0.1) is 24.0 Å². The molecule has 1 N–H and O–H groups in total. The summed E-state index contributed by atoms with van der Waals surface area (Å²) in [6, 6.07) is 9.21. The first-order valence-electron chi connectivity index (χ1n) is 11.9. The Morgan fingerprint density at radius 2 is 1.94 bits per heavy atom. The predicted octanol–water partition coefficient (Wildman–Crippen LogP) is 7.08. The number of imidazole rings is 1. The van der Waals surface area contributed by atoms with E-state index < -0.39 is 0 Å². The van der Waals surface area contributed by atoms with E-state index >= 15 is 0 Å². The second-order valence-electron chi connectivity index (χ2n) is 9.71. The van der Waals surface area contributed by atoms with Gasteiger partial charge < -0.3 is 9.88 Å². The number of hydrogen-bond donors (Lipinski definition) is 1. The van der Waals surface area contributed by atoms with Crippen molar-refractivity contribution in [1.82, 2.24) is 9.55 Å². The molecule has 0 aliphatic heterocycles. The molecular formula is C30H34N4O. The van der Waals surface area contributed by atoms with Gasteiger partial charge in [0.1, 0.15) is 0 Å². The van der Waals surface area contributed by atoms with E-state index in [-0.39, 0.29) is 11.3 Å². The molecule has 0 saturated carbocycles. The minimum atomic E-state index is -0.202.